The second kappa shape index (κ2) is 7.69. The molecule has 1 heterocycles. The van der Waals surface area contributed by atoms with Crippen molar-refractivity contribution in [2.75, 3.05) is 6.61 Å². The van der Waals surface area contributed by atoms with Crippen molar-refractivity contribution in [3.63, 3.8) is 0 Å². The Bertz CT molecular complexity index is 539. The van der Waals surface area contributed by atoms with Crippen LogP contribution in [0.3, 0.4) is 0 Å². The molecular weight excluding hydrogens is 282 g/mol. The van der Waals surface area contributed by atoms with Crippen molar-refractivity contribution >= 4 is 11.3 Å². The number of thiazole rings is 1. The van der Waals surface area contributed by atoms with Crippen LogP contribution in [0.1, 0.15) is 25.8 Å². The molecule has 0 aliphatic heterocycles. The zero-order chi connectivity index (χ0) is 15.2. The number of aliphatic hydroxyl groups excluding tert-OH is 1. The summed E-state index contributed by atoms with van der Waals surface area (Å²) in [5.41, 5.74) is 2.08. The summed E-state index contributed by atoms with van der Waals surface area (Å²) in [7, 11) is 0. The van der Waals surface area contributed by atoms with Crippen LogP contribution in [0.2, 0.25) is 0 Å². The van der Waals surface area contributed by atoms with Crippen molar-refractivity contribution in [1.29, 1.82) is 0 Å². The van der Waals surface area contributed by atoms with Crippen molar-refractivity contribution in [3.05, 3.63) is 40.7 Å². The van der Waals surface area contributed by atoms with Crippen molar-refractivity contribution in [1.82, 2.24) is 4.98 Å². The topological polar surface area (TPSA) is 42.4 Å². The molecule has 0 aliphatic carbocycles. The summed E-state index contributed by atoms with van der Waals surface area (Å²) in [6.45, 7) is 6.72. The molecule has 0 spiro atoms. The predicted molar refractivity (Wildman–Crippen MR) is 87.5 cm³/mol. The normalized spacial score (nSPS) is 14.3. The van der Waals surface area contributed by atoms with Gasteiger partial charge >= 0.3 is 0 Å². The van der Waals surface area contributed by atoms with Gasteiger partial charge in [-0.15, -0.1) is 11.3 Å². The molecule has 0 amide bonds. The molecule has 0 fully saturated rings. The second-order valence-electron chi connectivity index (χ2n) is 5.43. The minimum Gasteiger partial charge on any atom is -0.390 e. The fraction of sp³-hybridized carbons (Fsp3) is 0.471. The van der Waals surface area contributed by atoms with Crippen LogP contribution in [0.25, 0.3) is 11.3 Å². The number of hydrogen-bond acceptors (Lipinski definition) is 4. The maximum absolute atomic E-state index is 10.4. The highest BCUT2D eigenvalue weighted by Crippen LogP contribution is 2.24. The zero-order valence-electron chi connectivity index (χ0n) is 12.8. The van der Waals surface area contributed by atoms with Gasteiger partial charge in [0, 0.05) is 24.0 Å². The number of aliphatic hydroxyl groups is 1. The third-order valence-corrected chi connectivity index (χ3v) is 4.27. The second-order valence-corrected chi connectivity index (χ2v) is 6.37. The molecule has 1 aromatic heterocycles. The Morgan fingerprint density at radius 1 is 1.24 bits per heavy atom. The van der Waals surface area contributed by atoms with Gasteiger partial charge in [-0.25, -0.2) is 4.98 Å². The summed E-state index contributed by atoms with van der Waals surface area (Å²) in [6.07, 6.45) is -0.112. The maximum Gasteiger partial charge on any atom is 0.0959 e. The van der Waals surface area contributed by atoms with Gasteiger partial charge in [-0.3, -0.25) is 0 Å². The highest BCUT2D eigenvalue weighted by atomic mass is 32.1. The van der Waals surface area contributed by atoms with Crippen LogP contribution in [0, 0.1) is 5.92 Å². The summed E-state index contributed by atoms with van der Waals surface area (Å²) in [5, 5.41) is 13.4. The van der Waals surface area contributed by atoms with Crippen LogP contribution in [0.4, 0.5) is 0 Å². The third kappa shape index (κ3) is 4.37. The lowest BCUT2D eigenvalue weighted by Gasteiger charge is -2.25. The summed E-state index contributed by atoms with van der Waals surface area (Å²) in [4.78, 5) is 4.63. The Balaban J connectivity index is 2.05. The van der Waals surface area contributed by atoms with E-state index in [0.717, 1.165) is 16.3 Å². The van der Waals surface area contributed by atoms with E-state index in [1.807, 2.05) is 42.6 Å². The molecule has 1 aromatic carbocycles. The molecule has 0 bridgehead atoms. The Morgan fingerprint density at radius 2 is 1.95 bits per heavy atom. The van der Waals surface area contributed by atoms with Crippen molar-refractivity contribution in [2.24, 2.45) is 5.92 Å². The van der Waals surface area contributed by atoms with Gasteiger partial charge in [-0.1, -0.05) is 44.2 Å². The van der Waals surface area contributed by atoms with E-state index >= 15 is 0 Å². The Hall–Kier alpha value is -1.23. The number of benzene rings is 1. The molecule has 114 valence electrons. The molecule has 0 saturated carbocycles. The van der Waals surface area contributed by atoms with Crippen molar-refractivity contribution < 1.29 is 9.84 Å². The minimum absolute atomic E-state index is 0.140. The Kier molecular flexibility index (Phi) is 5.91. The van der Waals surface area contributed by atoms with Crippen LogP contribution < -0.4 is 0 Å². The largest absolute Gasteiger partial charge is 0.390 e. The first-order chi connectivity index (χ1) is 10.1. The fourth-order valence-corrected chi connectivity index (χ4v) is 3.24. The van der Waals surface area contributed by atoms with Gasteiger partial charge in [0.2, 0.25) is 0 Å². The van der Waals surface area contributed by atoms with Gasteiger partial charge < -0.3 is 9.84 Å². The summed E-state index contributed by atoms with van der Waals surface area (Å²) in [6, 6.07) is 10.1. The number of aromatic nitrogens is 1. The molecule has 2 aromatic rings. The van der Waals surface area contributed by atoms with Gasteiger partial charge in [-0.05, 0) is 12.8 Å². The highest BCUT2D eigenvalue weighted by Gasteiger charge is 2.24. The lowest BCUT2D eigenvalue weighted by Crippen LogP contribution is -2.35. The van der Waals surface area contributed by atoms with Crippen LogP contribution in [-0.4, -0.2) is 28.9 Å². The number of hydrogen-bond donors (Lipinski definition) is 1. The van der Waals surface area contributed by atoms with E-state index < -0.39 is 6.10 Å². The van der Waals surface area contributed by atoms with Crippen LogP contribution in [-0.2, 0) is 11.2 Å². The molecule has 0 aliphatic rings. The van der Waals surface area contributed by atoms with Crippen molar-refractivity contribution in [2.45, 2.75) is 39.4 Å². The lowest BCUT2D eigenvalue weighted by molar-refractivity contribution is -0.0562. The Labute approximate surface area is 130 Å². The van der Waals surface area contributed by atoms with Gasteiger partial charge in [0.05, 0.1) is 22.9 Å². The van der Waals surface area contributed by atoms with E-state index in [0.29, 0.717) is 13.0 Å². The van der Waals surface area contributed by atoms with Gasteiger partial charge in [0.15, 0.2) is 0 Å². The standard InChI is InChI=1S/C17H23NO2S/c1-4-20-17(12(2)3)15(19)10-16-18-14(11-21-16)13-8-6-5-7-9-13/h5-9,11-12,15,17,19H,4,10H2,1-3H3. The van der Waals surface area contributed by atoms with E-state index in [1.165, 1.54) is 0 Å². The van der Waals surface area contributed by atoms with Crippen LogP contribution in [0.5, 0.6) is 0 Å². The Morgan fingerprint density at radius 3 is 2.57 bits per heavy atom. The monoisotopic (exact) mass is 305 g/mol. The van der Waals surface area contributed by atoms with E-state index in [2.05, 4.69) is 18.8 Å². The third-order valence-electron chi connectivity index (χ3n) is 3.40. The molecule has 1 N–H and O–H groups in total. The number of rotatable bonds is 7. The maximum atomic E-state index is 10.4. The summed E-state index contributed by atoms with van der Waals surface area (Å²) >= 11 is 1.59. The fourth-order valence-electron chi connectivity index (χ4n) is 2.38. The number of ether oxygens (including phenoxy) is 1. The molecule has 21 heavy (non-hydrogen) atoms. The molecule has 4 heteroatoms. The van der Waals surface area contributed by atoms with Crippen molar-refractivity contribution in [3.8, 4) is 11.3 Å². The van der Waals surface area contributed by atoms with Crippen LogP contribution in [0.15, 0.2) is 35.7 Å². The smallest absolute Gasteiger partial charge is 0.0959 e. The molecular formula is C17H23NO2S. The van der Waals surface area contributed by atoms with E-state index in [4.69, 9.17) is 4.74 Å². The summed E-state index contributed by atoms with van der Waals surface area (Å²) in [5.74, 6) is 0.286. The van der Waals surface area contributed by atoms with Gasteiger partial charge in [-0.2, -0.15) is 0 Å². The first kappa shape index (κ1) is 16.1. The van der Waals surface area contributed by atoms with Crippen LogP contribution >= 0.6 is 11.3 Å². The van der Waals surface area contributed by atoms with Gasteiger partial charge in [0.1, 0.15) is 0 Å². The molecule has 2 unspecified atom stereocenters. The molecule has 2 rings (SSSR count). The van der Waals surface area contributed by atoms with E-state index in [9.17, 15) is 5.11 Å². The molecule has 2 atom stereocenters. The SMILES string of the molecule is CCOC(C(C)C)C(O)Cc1nc(-c2ccccc2)cs1. The first-order valence-corrected chi connectivity index (χ1v) is 8.29. The number of nitrogens with zero attached hydrogens (tertiary/aromatic N) is 1. The van der Waals surface area contributed by atoms with E-state index in [1.54, 1.807) is 11.3 Å². The molecule has 0 saturated heterocycles. The highest BCUT2D eigenvalue weighted by molar-refractivity contribution is 7.09. The summed E-state index contributed by atoms with van der Waals surface area (Å²) < 4.78 is 5.66. The van der Waals surface area contributed by atoms with Gasteiger partial charge in [0.25, 0.3) is 0 Å². The van der Waals surface area contributed by atoms with E-state index in [-0.39, 0.29) is 12.0 Å². The molecule has 0 radical (unpaired) electrons. The minimum atomic E-state index is -0.514. The molecule has 3 nitrogen and oxygen atoms in total. The quantitative estimate of drug-likeness (QED) is 0.846. The zero-order valence-corrected chi connectivity index (χ0v) is 13.6. The average molecular weight is 305 g/mol. The lowest BCUT2D eigenvalue weighted by atomic mass is 9.99. The predicted octanol–water partition coefficient (Wildman–Crippen LogP) is 3.77. The average Bonchev–Trinajstić information content (AvgIpc) is 2.93. The first-order valence-electron chi connectivity index (χ1n) is 7.41.